The molecule has 0 amide bonds. The first-order valence-electron chi connectivity index (χ1n) is 3.38. The Bertz CT molecular complexity index is 118. The van der Waals surface area contributed by atoms with Crippen molar-refractivity contribution in [1.29, 1.82) is 0 Å². The number of carbonyl (C=O) groups excluding carboxylic acids is 1. The first kappa shape index (κ1) is 6.59. The second-order valence-electron chi connectivity index (χ2n) is 2.81. The first-order valence-corrected chi connectivity index (χ1v) is 3.38. The molecule has 1 aliphatic heterocycles. The summed E-state index contributed by atoms with van der Waals surface area (Å²) in [4.78, 5) is 10.8. The van der Waals surface area contributed by atoms with Crippen molar-refractivity contribution >= 4 is 5.97 Å². The number of carbonyl (C=O) groups is 1. The molecule has 1 heterocycles. The van der Waals surface area contributed by atoms with E-state index >= 15 is 0 Å². The van der Waals surface area contributed by atoms with Crippen molar-refractivity contribution in [3.63, 3.8) is 0 Å². The SMILES string of the molecule is CC(C)[C@H]1CCOC1=O. The van der Waals surface area contributed by atoms with Gasteiger partial charge in [-0.25, -0.2) is 0 Å². The van der Waals surface area contributed by atoms with Gasteiger partial charge in [0.2, 0.25) is 0 Å². The highest BCUT2D eigenvalue weighted by Gasteiger charge is 2.28. The molecule has 2 nitrogen and oxygen atoms in total. The number of cyclic esters (lactones) is 1. The van der Waals surface area contributed by atoms with Crippen LogP contribution in [0.3, 0.4) is 0 Å². The average molecular weight is 128 g/mol. The van der Waals surface area contributed by atoms with Crippen LogP contribution in [0.5, 0.6) is 0 Å². The lowest BCUT2D eigenvalue weighted by atomic mass is 9.95. The van der Waals surface area contributed by atoms with E-state index < -0.39 is 0 Å². The quantitative estimate of drug-likeness (QED) is 0.496. The van der Waals surface area contributed by atoms with Crippen LogP contribution in [0.1, 0.15) is 20.3 Å². The Labute approximate surface area is 55.2 Å². The third kappa shape index (κ3) is 1.23. The van der Waals surface area contributed by atoms with Crippen molar-refractivity contribution in [2.45, 2.75) is 20.3 Å². The molecule has 0 saturated carbocycles. The summed E-state index contributed by atoms with van der Waals surface area (Å²) >= 11 is 0. The molecular weight excluding hydrogens is 116 g/mol. The number of hydrogen-bond acceptors (Lipinski definition) is 2. The topological polar surface area (TPSA) is 26.3 Å². The molecule has 1 saturated heterocycles. The van der Waals surface area contributed by atoms with Gasteiger partial charge in [0, 0.05) is 0 Å². The van der Waals surface area contributed by atoms with Gasteiger partial charge in [-0.3, -0.25) is 4.79 Å². The van der Waals surface area contributed by atoms with Gasteiger partial charge in [0.25, 0.3) is 0 Å². The molecule has 0 aromatic rings. The molecular formula is C7H12O2. The second kappa shape index (κ2) is 2.38. The number of esters is 1. The van der Waals surface area contributed by atoms with Gasteiger partial charge in [-0.2, -0.15) is 0 Å². The molecule has 0 aliphatic carbocycles. The molecule has 0 radical (unpaired) electrons. The predicted molar refractivity (Wildman–Crippen MR) is 33.9 cm³/mol. The summed E-state index contributed by atoms with van der Waals surface area (Å²) in [5.74, 6) is 0.606. The lowest BCUT2D eigenvalue weighted by molar-refractivity contribution is -0.142. The monoisotopic (exact) mass is 128 g/mol. The van der Waals surface area contributed by atoms with Gasteiger partial charge in [0.15, 0.2) is 0 Å². The number of hydrogen-bond donors (Lipinski definition) is 0. The summed E-state index contributed by atoms with van der Waals surface area (Å²) in [6, 6.07) is 0. The van der Waals surface area contributed by atoms with Crippen LogP contribution < -0.4 is 0 Å². The maximum Gasteiger partial charge on any atom is 0.309 e. The fourth-order valence-electron chi connectivity index (χ4n) is 1.12. The highest BCUT2D eigenvalue weighted by atomic mass is 16.5. The smallest absolute Gasteiger partial charge is 0.309 e. The summed E-state index contributed by atoms with van der Waals surface area (Å²) in [6.45, 7) is 4.73. The fourth-order valence-corrected chi connectivity index (χ4v) is 1.12. The van der Waals surface area contributed by atoms with Crippen molar-refractivity contribution in [2.75, 3.05) is 6.61 Å². The Balaban J connectivity index is 2.49. The summed E-state index contributed by atoms with van der Waals surface area (Å²) < 4.78 is 4.79. The van der Waals surface area contributed by atoms with Crippen LogP contribution in [0.25, 0.3) is 0 Å². The largest absolute Gasteiger partial charge is 0.465 e. The summed E-state index contributed by atoms with van der Waals surface area (Å²) in [7, 11) is 0. The molecule has 1 fully saturated rings. The van der Waals surface area contributed by atoms with Crippen LogP contribution in [0.4, 0.5) is 0 Å². The van der Waals surface area contributed by atoms with E-state index in [1.807, 2.05) is 0 Å². The summed E-state index contributed by atoms with van der Waals surface area (Å²) in [5, 5.41) is 0. The minimum atomic E-state index is -0.00926. The van der Waals surface area contributed by atoms with Crippen molar-refractivity contribution < 1.29 is 9.53 Å². The first-order chi connectivity index (χ1) is 4.22. The van der Waals surface area contributed by atoms with Crippen molar-refractivity contribution in [1.82, 2.24) is 0 Å². The highest BCUT2D eigenvalue weighted by molar-refractivity contribution is 5.74. The maximum atomic E-state index is 10.8. The molecule has 0 unspecified atom stereocenters. The van der Waals surface area contributed by atoms with E-state index in [0.717, 1.165) is 6.42 Å². The van der Waals surface area contributed by atoms with Crippen LogP contribution in [-0.4, -0.2) is 12.6 Å². The Morgan fingerprint density at radius 1 is 1.67 bits per heavy atom. The van der Waals surface area contributed by atoms with Gasteiger partial charge in [-0.15, -0.1) is 0 Å². The minimum absolute atomic E-state index is 0.00926. The highest BCUT2D eigenvalue weighted by Crippen LogP contribution is 2.21. The van der Waals surface area contributed by atoms with Crippen LogP contribution in [0, 0.1) is 11.8 Å². The number of ether oxygens (including phenoxy) is 1. The molecule has 1 aliphatic rings. The molecule has 0 spiro atoms. The Hall–Kier alpha value is -0.530. The van der Waals surface area contributed by atoms with Crippen molar-refractivity contribution in [3.05, 3.63) is 0 Å². The Kier molecular flexibility index (Phi) is 1.74. The van der Waals surface area contributed by atoms with Crippen LogP contribution >= 0.6 is 0 Å². The zero-order chi connectivity index (χ0) is 6.85. The molecule has 1 atom stereocenters. The zero-order valence-corrected chi connectivity index (χ0v) is 5.89. The van der Waals surface area contributed by atoms with Crippen molar-refractivity contribution in [2.24, 2.45) is 11.8 Å². The third-order valence-corrected chi connectivity index (χ3v) is 1.78. The van der Waals surface area contributed by atoms with E-state index in [1.165, 1.54) is 0 Å². The van der Waals surface area contributed by atoms with E-state index in [2.05, 4.69) is 13.8 Å². The minimum Gasteiger partial charge on any atom is -0.465 e. The molecule has 52 valence electrons. The van der Waals surface area contributed by atoms with Crippen LogP contribution in [-0.2, 0) is 9.53 Å². The summed E-state index contributed by atoms with van der Waals surface area (Å²) in [5.41, 5.74) is 0. The molecule has 0 aromatic heterocycles. The van der Waals surface area contributed by atoms with Crippen LogP contribution in [0.15, 0.2) is 0 Å². The lowest BCUT2D eigenvalue weighted by Gasteiger charge is -2.07. The van der Waals surface area contributed by atoms with Crippen LogP contribution in [0.2, 0.25) is 0 Å². The lowest BCUT2D eigenvalue weighted by Crippen LogP contribution is -2.13. The average Bonchev–Trinajstić information content (AvgIpc) is 2.13. The molecule has 2 heteroatoms. The molecule has 0 N–H and O–H groups in total. The number of rotatable bonds is 1. The van der Waals surface area contributed by atoms with E-state index in [1.54, 1.807) is 0 Å². The van der Waals surface area contributed by atoms with E-state index in [9.17, 15) is 4.79 Å². The van der Waals surface area contributed by atoms with Gasteiger partial charge < -0.3 is 4.74 Å². The molecule has 0 bridgehead atoms. The molecule has 1 rings (SSSR count). The predicted octanol–water partition coefficient (Wildman–Crippen LogP) is 1.21. The summed E-state index contributed by atoms with van der Waals surface area (Å²) in [6.07, 6.45) is 0.913. The Morgan fingerprint density at radius 2 is 2.33 bits per heavy atom. The fraction of sp³-hybridized carbons (Fsp3) is 0.857. The van der Waals surface area contributed by atoms with Crippen molar-refractivity contribution in [3.8, 4) is 0 Å². The maximum absolute atomic E-state index is 10.8. The standard InChI is InChI=1S/C7H12O2/c1-5(2)6-3-4-9-7(6)8/h5-6H,3-4H2,1-2H3/t6-/m1/s1. The molecule has 9 heavy (non-hydrogen) atoms. The van der Waals surface area contributed by atoms with Gasteiger partial charge in [-0.1, -0.05) is 13.8 Å². The van der Waals surface area contributed by atoms with E-state index in [0.29, 0.717) is 12.5 Å². The van der Waals surface area contributed by atoms with E-state index in [-0.39, 0.29) is 11.9 Å². The molecule has 0 aromatic carbocycles. The van der Waals surface area contributed by atoms with E-state index in [4.69, 9.17) is 4.74 Å². The Morgan fingerprint density at radius 3 is 2.56 bits per heavy atom. The van der Waals surface area contributed by atoms with Gasteiger partial charge >= 0.3 is 5.97 Å². The van der Waals surface area contributed by atoms with Gasteiger partial charge in [-0.05, 0) is 12.3 Å². The third-order valence-electron chi connectivity index (χ3n) is 1.78. The van der Waals surface area contributed by atoms with Gasteiger partial charge in [0.05, 0.1) is 12.5 Å². The van der Waals surface area contributed by atoms with Gasteiger partial charge in [0.1, 0.15) is 0 Å². The second-order valence-corrected chi connectivity index (χ2v) is 2.81. The normalized spacial score (nSPS) is 27.0. The zero-order valence-electron chi connectivity index (χ0n) is 5.89.